The molecule has 0 atom stereocenters. The van der Waals surface area contributed by atoms with E-state index in [1.807, 2.05) is 6.92 Å². The third-order valence-electron chi connectivity index (χ3n) is 4.37. The van der Waals surface area contributed by atoms with Crippen LogP contribution >= 0.6 is 0 Å². The molecule has 0 unspecified atom stereocenters. The lowest BCUT2D eigenvalue weighted by atomic mass is 9.69. The van der Waals surface area contributed by atoms with Gasteiger partial charge in [-0.2, -0.15) is 0 Å². The third kappa shape index (κ3) is 4.29. The molecule has 2 N–H and O–H groups in total. The molecule has 0 saturated heterocycles. The van der Waals surface area contributed by atoms with E-state index < -0.39 is 17.2 Å². The van der Waals surface area contributed by atoms with E-state index in [9.17, 15) is 14.0 Å². The zero-order valence-corrected chi connectivity index (χ0v) is 12.8. The average Bonchev–Trinajstić information content (AvgIpc) is 2.42. The molecule has 0 radical (unpaired) electrons. The highest BCUT2D eigenvalue weighted by atomic mass is 19.1. The molecule has 1 aliphatic rings. The van der Waals surface area contributed by atoms with E-state index in [1.54, 1.807) is 12.1 Å². The molecule has 0 aliphatic heterocycles. The highest BCUT2D eigenvalue weighted by molar-refractivity contribution is 5.91. The summed E-state index contributed by atoms with van der Waals surface area (Å²) in [6.07, 6.45) is 4.57. The lowest BCUT2D eigenvalue weighted by Crippen LogP contribution is -2.32. The number of carboxylic acids is 1. The monoisotopic (exact) mass is 307 g/mol. The van der Waals surface area contributed by atoms with Gasteiger partial charge in [-0.3, -0.25) is 9.59 Å². The quantitative estimate of drug-likeness (QED) is 0.867. The summed E-state index contributed by atoms with van der Waals surface area (Å²) < 4.78 is 13.7. The normalized spacial score (nSPS) is 17.0. The molecule has 1 amide bonds. The number of benzene rings is 1. The van der Waals surface area contributed by atoms with Gasteiger partial charge in [0, 0.05) is 6.42 Å². The smallest absolute Gasteiger partial charge is 0.303 e. The second-order valence-corrected chi connectivity index (χ2v) is 6.34. The van der Waals surface area contributed by atoms with Crippen molar-refractivity contribution in [1.82, 2.24) is 0 Å². The number of aliphatic carboxylic acids is 1. The van der Waals surface area contributed by atoms with Crippen LogP contribution in [0, 0.1) is 18.2 Å². The Bertz CT molecular complexity index is 565. The molecule has 1 aromatic carbocycles. The lowest BCUT2D eigenvalue weighted by Gasteiger charge is -2.35. The molecule has 2 rings (SSSR count). The fraction of sp³-hybridized carbons (Fsp3) is 0.529. The molecule has 1 aromatic rings. The van der Waals surface area contributed by atoms with Crippen molar-refractivity contribution in [2.24, 2.45) is 5.41 Å². The van der Waals surface area contributed by atoms with Gasteiger partial charge in [0.15, 0.2) is 0 Å². The number of amides is 1. The molecule has 1 aliphatic carbocycles. The molecule has 4 nitrogen and oxygen atoms in total. The summed E-state index contributed by atoms with van der Waals surface area (Å²) in [5.74, 6) is -1.67. The summed E-state index contributed by atoms with van der Waals surface area (Å²) in [5.41, 5.74) is 0.523. The SMILES string of the molecule is Cc1ccc(F)c(NC(=O)CC2(CC(=O)O)CCCCC2)c1. The van der Waals surface area contributed by atoms with Crippen molar-refractivity contribution in [3.63, 3.8) is 0 Å². The van der Waals surface area contributed by atoms with Gasteiger partial charge >= 0.3 is 5.97 Å². The number of nitrogens with one attached hydrogen (secondary N) is 1. The lowest BCUT2D eigenvalue weighted by molar-refractivity contribution is -0.140. The van der Waals surface area contributed by atoms with Crippen molar-refractivity contribution in [3.05, 3.63) is 29.6 Å². The van der Waals surface area contributed by atoms with Crippen LogP contribution in [0.25, 0.3) is 0 Å². The molecule has 1 saturated carbocycles. The van der Waals surface area contributed by atoms with Gasteiger partial charge in [-0.15, -0.1) is 0 Å². The van der Waals surface area contributed by atoms with E-state index in [2.05, 4.69) is 5.32 Å². The largest absolute Gasteiger partial charge is 0.481 e. The topological polar surface area (TPSA) is 66.4 Å². The molecular formula is C17H22FNO3. The van der Waals surface area contributed by atoms with Crippen LogP contribution in [0.15, 0.2) is 18.2 Å². The first kappa shape index (κ1) is 16.5. The van der Waals surface area contributed by atoms with Crippen LogP contribution in [0.2, 0.25) is 0 Å². The summed E-state index contributed by atoms with van der Waals surface area (Å²) in [6.45, 7) is 1.82. The van der Waals surface area contributed by atoms with Crippen LogP contribution in [0.4, 0.5) is 10.1 Å². The molecule has 120 valence electrons. The first-order valence-corrected chi connectivity index (χ1v) is 7.68. The Morgan fingerprint density at radius 1 is 1.23 bits per heavy atom. The molecular weight excluding hydrogens is 285 g/mol. The van der Waals surface area contributed by atoms with Gasteiger partial charge in [-0.1, -0.05) is 25.3 Å². The standard InChI is InChI=1S/C17H22FNO3/c1-12-5-6-13(18)14(9-12)19-15(20)10-17(11-16(21)22)7-3-2-4-8-17/h5-6,9H,2-4,7-8,10-11H2,1H3,(H,19,20)(H,21,22). The molecule has 0 heterocycles. The van der Waals surface area contributed by atoms with Crippen LogP contribution < -0.4 is 5.32 Å². The second kappa shape index (κ2) is 6.90. The fourth-order valence-electron chi connectivity index (χ4n) is 3.31. The number of halogens is 1. The summed E-state index contributed by atoms with van der Waals surface area (Å²) >= 11 is 0. The number of carbonyl (C=O) groups is 2. The Balaban J connectivity index is 2.07. The highest BCUT2D eigenvalue weighted by Crippen LogP contribution is 2.42. The Hall–Kier alpha value is -1.91. The van der Waals surface area contributed by atoms with Crippen LogP contribution in [0.5, 0.6) is 0 Å². The number of hydrogen-bond acceptors (Lipinski definition) is 2. The van der Waals surface area contributed by atoms with Gasteiger partial charge in [0.2, 0.25) is 5.91 Å². The summed E-state index contributed by atoms with van der Waals surface area (Å²) in [5, 5.41) is 11.7. The van der Waals surface area contributed by atoms with E-state index in [0.29, 0.717) is 0 Å². The number of carbonyl (C=O) groups excluding carboxylic acids is 1. The molecule has 0 spiro atoms. The first-order chi connectivity index (χ1) is 10.4. The number of carboxylic acid groups (broad SMARTS) is 1. The van der Waals surface area contributed by atoms with Crippen molar-refractivity contribution in [2.45, 2.75) is 51.9 Å². The zero-order valence-electron chi connectivity index (χ0n) is 12.8. The number of aryl methyl sites for hydroxylation is 1. The molecule has 22 heavy (non-hydrogen) atoms. The van der Waals surface area contributed by atoms with Crippen molar-refractivity contribution >= 4 is 17.6 Å². The second-order valence-electron chi connectivity index (χ2n) is 6.34. The van der Waals surface area contributed by atoms with E-state index in [4.69, 9.17) is 5.11 Å². The Labute approximate surface area is 129 Å². The van der Waals surface area contributed by atoms with E-state index in [0.717, 1.165) is 37.7 Å². The van der Waals surface area contributed by atoms with Crippen molar-refractivity contribution < 1.29 is 19.1 Å². The Kier molecular flexibility index (Phi) is 5.16. The maximum absolute atomic E-state index is 13.7. The predicted molar refractivity (Wildman–Crippen MR) is 82.2 cm³/mol. The van der Waals surface area contributed by atoms with E-state index in [-0.39, 0.29) is 24.4 Å². The zero-order chi connectivity index (χ0) is 16.2. The van der Waals surface area contributed by atoms with Crippen LogP contribution in [0.1, 0.15) is 50.5 Å². The minimum absolute atomic E-state index is 0.00325. The first-order valence-electron chi connectivity index (χ1n) is 7.68. The van der Waals surface area contributed by atoms with Crippen molar-refractivity contribution in [3.8, 4) is 0 Å². The van der Waals surface area contributed by atoms with Gasteiger partial charge in [0.25, 0.3) is 0 Å². The van der Waals surface area contributed by atoms with E-state index in [1.165, 1.54) is 6.07 Å². The number of hydrogen-bond donors (Lipinski definition) is 2. The molecule has 5 heteroatoms. The maximum atomic E-state index is 13.7. The minimum atomic E-state index is -0.878. The van der Waals surface area contributed by atoms with Gasteiger partial charge in [0.05, 0.1) is 12.1 Å². The Morgan fingerprint density at radius 3 is 2.55 bits per heavy atom. The van der Waals surface area contributed by atoms with E-state index >= 15 is 0 Å². The van der Waals surface area contributed by atoms with Gasteiger partial charge in [0.1, 0.15) is 5.82 Å². The highest BCUT2D eigenvalue weighted by Gasteiger charge is 2.36. The fourth-order valence-corrected chi connectivity index (χ4v) is 3.31. The van der Waals surface area contributed by atoms with Crippen LogP contribution in [-0.4, -0.2) is 17.0 Å². The Morgan fingerprint density at radius 2 is 1.91 bits per heavy atom. The van der Waals surface area contributed by atoms with Crippen molar-refractivity contribution in [2.75, 3.05) is 5.32 Å². The van der Waals surface area contributed by atoms with Gasteiger partial charge < -0.3 is 10.4 Å². The van der Waals surface area contributed by atoms with Crippen molar-refractivity contribution in [1.29, 1.82) is 0 Å². The van der Waals surface area contributed by atoms with Gasteiger partial charge in [-0.05, 0) is 42.9 Å². The summed E-state index contributed by atoms with van der Waals surface area (Å²) in [6, 6.07) is 4.54. The minimum Gasteiger partial charge on any atom is -0.481 e. The summed E-state index contributed by atoms with van der Waals surface area (Å²) in [4.78, 5) is 23.4. The van der Waals surface area contributed by atoms with Gasteiger partial charge in [-0.25, -0.2) is 4.39 Å². The molecule has 1 fully saturated rings. The molecule has 0 bridgehead atoms. The third-order valence-corrected chi connectivity index (χ3v) is 4.37. The average molecular weight is 307 g/mol. The van der Waals surface area contributed by atoms with Crippen LogP contribution in [-0.2, 0) is 9.59 Å². The maximum Gasteiger partial charge on any atom is 0.303 e. The molecule has 0 aromatic heterocycles. The van der Waals surface area contributed by atoms with Crippen LogP contribution in [0.3, 0.4) is 0 Å². The number of anilines is 1. The predicted octanol–water partition coefficient (Wildman–Crippen LogP) is 3.89. The number of rotatable bonds is 5. The summed E-state index contributed by atoms with van der Waals surface area (Å²) in [7, 11) is 0.